The Morgan fingerprint density at radius 3 is 2.32 bits per heavy atom. The lowest BCUT2D eigenvalue weighted by Gasteiger charge is -2.38. The Bertz CT molecular complexity index is 444. The molecule has 1 rings (SSSR count). The average Bonchev–Trinajstić information content (AvgIpc) is 2.49. The lowest BCUT2D eigenvalue weighted by Crippen LogP contribution is -2.50. The Balaban J connectivity index is 2.86. The normalized spacial score (nSPS) is 21.3. The summed E-state index contributed by atoms with van der Waals surface area (Å²) in [5.41, 5.74) is 0. The van der Waals surface area contributed by atoms with E-state index in [4.69, 9.17) is 9.47 Å². The molecule has 0 radical (unpaired) electrons. The summed E-state index contributed by atoms with van der Waals surface area (Å²) in [7, 11) is 1.89. The van der Waals surface area contributed by atoms with Gasteiger partial charge in [0.1, 0.15) is 6.10 Å². The first kappa shape index (κ1) is 18.4. The minimum Gasteiger partial charge on any atom is -0.460 e. The second-order valence-electron chi connectivity index (χ2n) is 5.67. The molecule has 0 fully saturated rings. The fourth-order valence-corrected chi connectivity index (χ4v) is 2.72. The maximum atomic E-state index is 11.5. The smallest absolute Gasteiger partial charge is 0.304 e. The summed E-state index contributed by atoms with van der Waals surface area (Å²) in [6, 6.07) is -0.0747. The molecule has 1 aliphatic carbocycles. The third-order valence-corrected chi connectivity index (χ3v) is 3.96. The highest BCUT2D eigenvalue weighted by Crippen LogP contribution is 2.25. The number of hydrogen-bond acceptors (Lipinski definition) is 5. The number of esters is 2. The number of carbonyl (C=O) groups is 2. The highest BCUT2D eigenvalue weighted by Gasteiger charge is 2.33. The van der Waals surface area contributed by atoms with E-state index in [1.165, 1.54) is 13.8 Å². The van der Waals surface area contributed by atoms with Gasteiger partial charge in [-0.2, -0.15) is 0 Å². The van der Waals surface area contributed by atoms with Crippen molar-refractivity contribution in [2.45, 2.75) is 58.9 Å². The first-order valence-corrected chi connectivity index (χ1v) is 7.76. The fourth-order valence-electron chi connectivity index (χ4n) is 2.72. The standard InChI is InChI=1S/C17H27NO4/c1-6-16(21-13(3)19)18(5)12(2)17(22-14(4)20)15-10-8-7-9-11-15/h7-10,12,15-17H,6,11H2,1-5H3/t12-,15?,16?,17+/m0/s1. The minimum atomic E-state index is -0.325. The third kappa shape index (κ3) is 5.30. The Hall–Kier alpha value is -1.62. The van der Waals surface area contributed by atoms with Crippen molar-refractivity contribution in [3.05, 3.63) is 24.3 Å². The first-order chi connectivity index (χ1) is 10.4. The number of likely N-dealkylation sites (N-methyl/N-ethyl adjacent to an activating group) is 1. The van der Waals surface area contributed by atoms with Gasteiger partial charge in [0.25, 0.3) is 0 Å². The molecule has 2 unspecified atom stereocenters. The molecule has 1 aliphatic rings. The van der Waals surface area contributed by atoms with Crippen LogP contribution in [-0.2, 0) is 19.1 Å². The van der Waals surface area contributed by atoms with Gasteiger partial charge < -0.3 is 9.47 Å². The Morgan fingerprint density at radius 2 is 1.86 bits per heavy atom. The highest BCUT2D eigenvalue weighted by atomic mass is 16.6. The molecule has 5 heteroatoms. The predicted octanol–water partition coefficient (Wildman–Crippen LogP) is 2.67. The van der Waals surface area contributed by atoms with Crippen LogP contribution in [0.2, 0.25) is 0 Å². The van der Waals surface area contributed by atoms with Crippen molar-refractivity contribution in [2.75, 3.05) is 7.05 Å². The van der Waals surface area contributed by atoms with E-state index in [0.29, 0.717) is 6.42 Å². The van der Waals surface area contributed by atoms with E-state index in [1.807, 2.05) is 37.9 Å². The highest BCUT2D eigenvalue weighted by molar-refractivity contribution is 5.66. The average molecular weight is 309 g/mol. The van der Waals surface area contributed by atoms with Gasteiger partial charge in [-0.3, -0.25) is 14.5 Å². The number of carbonyl (C=O) groups excluding carboxylic acids is 2. The number of hydrogen-bond donors (Lipinski definition) is 0. The van der Waals surface area contributed by atoms with E-state index < -0.39 is 0 Å². The van der Waals surface area contributed by atoms with Gasteiger partial charge in [-0.15, -0.1) is 0 Å². The van der Waals surface area contributed by atoms with Gasteiger partial charge >= 0.3 is 11.9 Å². The quantitative estimate of drug-likeness (QED) is 0.534. The van der Waals surface area contributed by atoms with Crippen molar-refractivity contribution in [3.8, 4) is 0 Å². The summed E-state index contributed by atoms with van der Waals surface area (Å²) in [5, 5.41) is 0. The topological polar surface area (TPSA) is 55.8 Å². The van der Waals surface area contributed by atoms with Crippen molar-refractivity contribution < 1.29 is 19.1 Å². The zero-order valence-corrected chi connectivity index (χ0v) is 14.1. The molecular weight excluding hydrogens is 282 g/mol. The molecule has 0 spiro atoms. The van der Waals surface area contributed by atoms with Crippen molar-refractivity contribution >= 4 is 11.9 Å². The Morgan fingerprint density at radius 1 is 1.23 bits per heavy atom. The molecular formula is C17H27NO4. The van der Waals surface area contributed by atoms with Gasteiger partial charge in [-0.1, -0.05) is 31.2 Å². The molecule has 0 amide bonds. The monoisotopic (exact) mass is 309 g/mol. The summed E-state index contributed by atoms with van der Waals surface area (Å²) in [4.78, 5) is 24.7. The van der Waals surface area contributed by atoms with Crippen LogP contribution < -0.4 is 0 Å². The van der Waals surface area contributed by atoms with E-state index in [-0.39, 0.29) is 36.2 Å². The first-order valence-electron chi connectivity index (χ1n) is 7.76. The number of allylic oxidation sites excluding steroid dienone is 3. The van der Waals surface area contributed by atoms with Crippen LogP contribution in [0.1, 0.15) is 40.5 Å². The Kier molecular flexibility index (Phi) is 7.32. The third-order valence-electron chi connectivity index (χ3n) is 3.96. The summed E-state index contributed by atoms with van der Waals surface area (Å²) >= 11 is 0. The zero-order chi connectivity index (χ0) is 16.7. The molecule has 5 nitrogen and oxygen atoms in total. The van der Waals surface area contributed by atoms with Crippen LogP contribution in [0.5, 0.6) is 0 Å². The van der Waals surface area contributed by atoms with Gasteiger partial charge in [-0.05, 0) is 26.8 Å². The van der Waals surface area contributed by atoms with Gasteiger partial charge in [0.2, 0.25) is 0 Å². The molecule has 4 atom stereocenters. The SMILES string of the molecule is CCC(OC(C)=O)N(C)[C@@H](C)[C@@H](OC(C)=O)C1C=CC=CC1. The molecule has 22 heavy (non-hydrogen) atoms. The van der Waals surface area contributed by atoms with E-state index in [2.05, 4.69) is 12.2 Å². The zero-order valence-electron chi connectivity index (χ0n) is 14.1. The van der Waals surface area contributed by atoms with E-state index >= 15 is 0 Å². The molecule has 0 heterocycles. The van der Waals surface area contributed by atoms with Crippen molar-refractivity contribution in [1.82, 2.24) is 4.90 Å². The van der Waals surface area contributed by atoms with Crippen LogP contribution in [0.3, 0.4) is 0 Å². The molecule has 0 aromatic heterocycles. The molecule has 0 saturated carbocycles. The van der Waals surface area contributed by atoms with Gasteiger partial charge in [-0.25, -0.2) is 0 Å². The van der Waals surface area contributed by atoms with E-state index in [1.54, 1.807) is 0 Å². The lowest BCUT2D eigenvalue weighted by molar-refractivity contribution is -0.167. The van der Waals surface area contributed by atoms with E-state index in [0.717, 1.165) is 6.42 Å². The molecule has 0 aromatic rings. The molecule has 0 bridgehead atoms. The fraction of sp³-hybridized carbons (Fsp3) is 0.647. The molecule has 0 aliphatic heterocycles. The summed E-state index contributed by atoms with van der Waals surface area (Å²) in [6.45, 7) is 6.78. The summed E-state index contributed by atoms with van der Waals surface area (Å²) in [5.74, 6) is -0.481. The van der Waals surface area contributed by atoms with E-state index in [9.17, 15) is 9.59 Å². The van der Waals surface area contributed by atoms with Crippen LogP contribution in [0.15, 0.2) is 24.3 Å². The van der Waals surface area contributed by atoms with Crippen molar-refractivity contribution in [3.63, 3.8) is 0 Å². The van der Waals surface area contributed by atoms with Crippen LogP contribution in [-0.4, -0.2) is 42.3 Å². The maximum absolute atomic E-state index is 11.5. The number of ether oxygens (including phenoxy) is 2. The second kappa shape index (κ2) is 8.73. The minimum absolute atomic E-state index is 0.0747. The van der Waals surface area contributed by atoms with Crippen LogP contribution >= 0.6 is 0 Å². The molecule has 0 saturated heterocycles. The number of rotatable bonds is 7. The number of nitrogens with zero attached hydrogens (tertiary/aromatic N) is 1. The maximum Gasteiger partial charge on any atom is 0.304 e. The van der Waals surface area contributed by atoms with Crippen LogP contribution in [0, 0.1) is 5.92 Å². The van der Waals surface area contributed by atoms with Crippen LogP contribution in [0.25, 0.3) is 0 Å². The largest absolute Gasteiger partial charge is 0.460 e. The second-order valence-corrected chi connectivity index (χ2v) is 5.67. The van der Waals surface area contributed by atoms with Crippen LogP contribution in [0.4, 0.5) is 0 Å². The van der Waals surface area contributed by atoms with Crippen molar-refractivity contribution in [2.24, 2.45) is 5.92 Å². The summed E-state index contributed by atoms with van der Waals surface area (Å²) in [6.07, 6.45) is 8.98. The summed E-state index contributed by atoms with van der Waals surface area (Å²) < 4.78 is 10.9. The Labute approximate surface area is 133 Å². The van der Waals surface area contributed by atoms with Gasteiger partial charge in [0, 0.05) is 25.8 Å². The molecule has 124 valence electrons. The van der Waals surface area contributed by atoms with Crippen molar-refractivity contribution in [1.29, 1.82) is 0 Å². The van der Waals surface area contributed by atoms with Gasteiger partial charge in [0.05, 0.1) is 0 Å². The molecule has 0 aromatic carbocycles. The lowest BCUT2D eigenvalue weighted by atomic mass is 9.90. The van der Waals surface area contributed by atoms with Gasteiger partial charge in [0.15, 0.2) is 6.23 Å². The molecule has 0 N–H and O–H groups in total. The predicted molar refractivity (Wildman–Crippen MR) is 85.0 cm³/mol.